The monoisotopic (exact) mass is 306 g/mol. The molecule has 0 bridgehead atoms. The summed E-state index contributed by atoms with van der Waals surface area (Å²) in [6.45, 7) is 4.96. The Balaban J connectivity index is 2.73. The third-order valence-corrected chi connectivity index (χ3v) is 3.43. The van der Waals surface area contributed by atoms with E-state index in [0.717, 1.165) is 10.2 Å². The SMILES string of the molecule is COCC(Nc1cnc(Cl)c(Br)c1)C(C)C. The number of hydrogen-bond acceptors (Lipinski definition) is 3. The topological polar surface area (TPSA) is 34.1 Å². The number of rotatable bonds is 5. The summed E-state index contributed by atoms with van der Waals surface area (Å²) in [4.78, 5) is 4.07. The second kappa shape index (κ2) is 6.42. The smallest absolute Gasteiger partial charge is 0.143 e. The van der Waals surface area contributed by atoms with Gasteiger partial charge in [-0.05, 0) is 27.9 Å². The molecule has 1 atom stereocenters. The minimum Gasteiger partial charge on any atom is -0.383 e. The average Bonchev–Trinajstić information content (AvgIpc) is 2.22. The van der Waals surface area contributed by atoms with Crippen molar-refractivity contribution < 1.29 is 4.74 Å². The molecule has 0 fully saturated rings. The van der Waals surface area contributed by atoms with Crippen LogP contribution in [0.4, 0.5) is 5.69 Å². The lowest BCUT2D eigenvalue weighted by atomic mass is 10.1. The van der Waals surface area contributed by atoms with Gasteiger partial charge >= 0.3 is 0 Å². The molecule has 0 aliphatic rings. The second-order valence-electron chi connectivity index (χ2n) is 3.95. The van der Waals surface area contributed by atoms with Gasteiger partial charge in [-0.2, -0.15) is 0 Å². The molecule has 0 spiro atoms. The molecule has 1 rings (SSSR count). The summed E-state index contributed by atoms with van der Waals surface area (Å²) in [7, 11) is 1.70. The maximum Gasteiger partial charge on any atom is 0.143 e. The standard InChI is InChI=1S/C11H16BrClN2O/c1-7(2)10(6-16-3)15-8-4-9(12)11(13)14-5-8/h4-5,7,10,15H,6H2,1-3H3. The number of pyridine rings is 1. The van der Waals surface area contributed by atoms with Crippen LogP contribution in [0.5, 0.6) is 0 Å². The number of anilines is 1. The van der Waals surface area contributed by atoms with Crippen LogP contribution in [0.3, 0.4) is 0 Å². The zero-order chi connectivity index (χ0) is 12.1. The van der Waals surface area contributed by atoms with E-state index in [9.17, 15) is 0 Å². The van der Waals surface area contributed by atoms with Gasteiger partial charge in [0.1, 0.15) is 5.15 Å². The zero-order valence-corrected chi connectivity index (χ0v) is 12.0. The van der Waals surface area contributed by atoms with Crippen molar-refractivity contribution in [3.63, 3.8) is 0 Å². The van der Waals surface area contributed by atoms with Crippen molar-refractivity contribution in [3.05, 3.63) is 21.9 Å². The van der Waals surface area contributed by atoms with Gasteiger partial charge in [-0.15, -0.1) is 0 Å². The summed E-state index contributed by atoms with van der Waals surface area (Å²) < 4.78 is 5.96. The Labute approximate surface area is 110 Å². The maximum atomic E-state index is 5.83. The van der Waals surface area contributed by atoms with Crippen molar-refractivity contribution in [1.29, 1.82) is 0 Å². The van der Waals surface area contributed by atoms with Crippen LogP contribution in [0.25, 0.3) is 0 Å². The minimum absolute atomic E-state index is 0.264. The molecule has 0 aromatic carbocycles. The summed E-state index contributed by atoms with van der Waals surface area (Å²) in [5.41, 5.74) is 0.937. The molecule has 0 amide bonds. The Hall–Kier alpha value is -0.320. The van der Waals surface area contributed by atoms with Crippen LogP contribution in [0, 0.1) is 5.92 Å². The molecule has 1 N–H and O–H groups in total. The molecule has 0 aliphatic heterocycles. The maximum absolute atomic E-state index is 5.83. The van der Waals surface area contributed by atoms with Gasteiger partial charge < -0.3 is 10.1 Å². The van der Waals surface area contributed by atoms with Crippen molar-refractivity contribution in [2.45, 2.75) is 19.9 Å². The van der Waals surface area contributed by atoms with Crippen LogP contribution in [-0.4, -0.2) is 24.7 Å². The van der Waals surface area contributed by atoms with Gasteiger partial charge in [0.2, 0.25) is 0 Å². The van der Waals surface area contributed by atoms with Crippen LogP contribution in [-0.2, 0) is 4.74 Å². The van der Waals surface area contributed by atoms with Gasteiger partial charge in [-0.3, -0.25) is 0 Å². The molecule has 0 saturated heterocycles. The lowest BCUT2D eigenvalue weighted by Gasteiger charge is -2.22. The fourth-order valence-corrected chi connectivity index (χ4v) is 1.75. The van der Waals surface area contributed by atoms with E-state index in [2.05, 4.69) is 40.1 Å². The predicted molar refractivity (Wildman–Crippen MR) is 71.1 cm³/mol. The van der Waals surface area contributed by atoms with Crippen molar-refractivity contribution in [1.82, 2.24) is 4.98 Å². The van der Waals surface area contributed by atoms with E-state index in [-0.39, 0.29) is 6.04 Å². The van der Waals surface area contributed by atoms with Crippen molar-refractivity contribution in [2.24, 2.45) is 5.92 Å². The molecule has 1 unspecified atom stereocenters. The quantitative estimate of drug-likeness (QED) is 0.844. The first-order valence-corrected chi connectivity index (χ1v) is 6.28. The lowest BCUT2D eigenvalue weighted by molar-refractivity contribution is 0.171. The first kappa shape index (κ1) is 13.7. The molecule has 1 heterocycles. The van der Waals surface area contributed by atoms with Crippen molar-refractivity contribution >= 4 is 33.2 Å². The summed E-state index contributed by atoms with van der Waals surface area (Å²) in [6, 6.07) is 2.18. The van der Waals surface area contributed by atoms with E-state index in [1.807, 2.05) is 6.07 Å². The Morgan fingerprint density at radius 1 is 1.56 bits per heavy atom. The minimum atomic E-state index is 0.264. The molecule has 16 heavy (non-hydrogen) atoms. The first-order valence-electron chi connectivity index (χ1n) is 5.11. The molecule has 5 heteroatoms. The molecule has 3 nitrogen and oxygen atoms in total. The largest absolute Gasteiger partial charge is 0.383 e. The van der Waals surface area contributed by atoms with E-state index in [4.69, 9.17) is 16.3 Å². The van der Waals surface area contributed by atoms with E-state index in [1.165, 1.54) is 0 Å². The number of aromatic nitrogens is 1. The van der Waals surface area contributed by atoms with Gasteiger partial charge in [-0.1, -0.05) is 25.4 Å². The number of halogens is 2. The van der Waals surface area contributed by atoms with Gasteiger partial charge in [0.05, 0.1) is 29.0 Å². The van der Waals surface area contributed by atoms with E-state index in [1.54, 1.807) is 13.3 Å². The van der Waals surface area contributed by atoms with Crippen LogP contribution in [0.2, 0.25) is 5.15 Å². The number of nitrogens with one attached hydrogen (secondary N) is 1. The second-order valence-corrected chi connectivity index (χ2v) is 5.16. The third-order valence-electron chi connectivity index (χ3n) is 2.30. The number of ether oxygens (including phenoxy) is 1. The Kier molecular flexibility index (Phi) is 5.52. The molecule has 1 aromatic heterocycles. The van der Waals surface area contributed by atoms with Crippen molar-refractivity contribution in [2.75, 3.05) is 19.0 Å². The molecule has 0 radical (unpaired) electrons. The van der Waals surface area contributed by atoms with Crippen LogP contribution < -0.4 is 5.32 Å². The molecule has 90 valence electrons. The lowest BCUT2D eigenvalue weighted by Crippen LogP contribution is -2.30. The summed E-state index contributed by atoms with van der Waals surface area (Å²) in [5, 5.41) is 3.84. The molecule has 0 saturated carbocycles. The van der Waals surface area contributed by atoms with E-state index >= 15 is 0 Å². The van der Waals surface area contributed by atoms with E-state index < -0.39 is 0 Å². The molecular weight excluding hydrogens is 291 g/mol. The van der Waals surface area contributed by atoms with E-state index in [0.29, 0.717) is 17.7 Å². The highest BCUT2D eigenvalue weighted by atomic mass is 79.9. The number of nitrogens with zero attached hydrogens (tertiary/aromatic N) is 1. The number of hydrogen-bond donors (Lipinski definition) is 1. The number of methoxy groups -OCH3 is 1. The summed E-state index contributed by atoms with van der Waals surface area (Å²) in [5.74, 6) is 0.481. The Bertz CT molecular complexity index is 347. The van der Waals surface area contributed by atoms with Crippen LogP contribution in [0.15, 0.2) is 16.7 Å². The highest BCUT2D eigenvalue weighted by molar-refractivity contribution is 9.10. The highest BCUT2D eigenvalue weighted by Gasteiger charge is 2.13. The molecular formula is C11H16BrClN2O. The fraction of sp³-hybridized carbons (Fsp3) is 0.545. The third kappa shape index (κ3) is 3.92. The van der Waals surface area contributed by atoms with Crippen LogP contribution in [0.1, 0.15) is 13.8 Å². The van der Waals surface area contributed by atoms with Crippen LogP contribution >= 0.6 is 27.5 Å². The molecule has 0 aliphatic carbocycles. The predicted octanol–water partition coefficient (Wildman–Crippen LogP) is 3.58. The van der Waals surface area contributed by atoms with Gasteiger partial charge in [0.15, 0.2) is 0 Å². The van der Waals surface area contributed by atoms with Gasteiger partial charge in [0, 0.05) is 7.11 Å². The molecule has 1 aromatic rings. The van der Waals surface area contributed by atoms with Gasteiger partial charge in [-0.25, -0.2) is 4.98 Å². The summed E-state index contributed by atoms with van der Waals surface area (Å²) in [6.07, 6.45) is 1.72. The van der Waals surface area contributed by atoms with Crippen molar-refractivity contribution in [3.8, 4) is 0 Å². The zero-order valence-electron chi connectivity index (χ0n) is 9.63. The fourth-order valence-electron chi connectivity index (χ4n) is 1.29. The normalized spacial score (nSPS) is 12.9. The van der Waals surface area contributed by atoms with Gasteiger partial charge in [0.25, 0.3) is 0 Å². The Morgan fingerprint density at radius 2 is 2.25 bits per heavy atom. The highest BCUT2D eigenvalue weighted by Crippen LogP contribution is 2.23. The average molecular weight is 308 g/mol. The Morgan fingerprint density at radius 3 is 2.75 bits per heavy atom. The first-order chi connectivity index (χ1) is 7.54. The summed E-state index contributed by atoms with van der Waals surface area (Å²) >= 11 is 9.18.